The smallest absolute Gasteiger partial charge is 0.190 e. The average molecular weight is 540 g/mol. The van der Waals surface area contributed by atoms with Crippen molar-refractivity contribution in [3.63, 3.8) is 0 Å². The Balaban J connectivity index is 1.71. The molecule has 4 aromatic rings. The van der Waals surface area contributed by atoms with E-state index in [0.717, 1.165) is 33.1 Å². The maximum absolute atomic E-state index is 5.81. The van der Waals surface area contributed by atoms with Gasteiger partial charge in [-0.15, -0.1) is 11.8 Å². The van der Waals surface area contributed by atoms with E-state index in [1.165, 1.54) is 0 Å². The van der Waals surface area contributed by atoms with Crippen LogP contribution in [0.1, 0.15) is 16.7 Å². The monoisotopic (exact) mass is 539 g/mol. The lowest BCUT2D eigenvalue weighted by Gasteiger charge is -2.48. The van der Waals surface area contributed by atoms with Crippen molar-refractivity contribution >= 4 is 23.3 Å². The highest BCUT2D eigenvalue weighted by molar-refractivity contribution is 7.99. The van der Waals surface area contributed by atoms with Gasteiger partial charge in [-0.2, -0.15) is 5.10 Å². The van der Waals surface area contributed by atoms with E-state index in [9.17, 15) is 0 Å². The fourth-order valence-corrected chi connectivity index (χ4v) is 6.51. The molecule has 0 aliphatic carbocycles. The molecule has 0 aromatic heterocycles. The van der Waals surface area contributed by atoms with Gasteiger partial charge in [0.15, 0.2) is 34.5 Å². The van der Waals surface area contributed by atoms with Gasteiger partial charge in [0.25, 0.3) is 0 Å². The summed E-state index contributed by atoms with van der Waals surface area (Å²) in [6.45, 7) is 0. The number of amidine groups is 1. The van der Waals surface area contributed by atoms with Crippen LogP contribution in [0.15, 0.2) is 101 Å². The summed E-state index contributed by atoms with van der Waals surface area (Å²) in [5.74, 6) is 4.18. The molecule has 2 heterocycles. The van der Waals surface area contributed by atoms with Crippen LogP contribution in [0.5, 0.6) is 23.0 Å². The Morgan fingerprint density at radius 1 is 0.692 bits per heavy atom. The molecule has 0 fully saturated rings. The maximum atomic E-state index is 5.81. The highest BCUT2D eigenvalue weighted by Gasteiger charge is 2.56. The Bertz CT molecular complexity index is 1530. The van der Waals surface area contributed by atoms with Crippen LogP contribution in [0, 0.1) is 0 Å². The number of benzene rings is 4. The minimum absolute atomic E-state index is 0.644. The zero-order valence-corrected chi connectivity index (χ0v) is 23.1. The maximum Gasteiger partial charge on any atom is 0.190 e. The Kier molecular flexibility index (Phi) is 6.48. The van der Waals surface area contributed by atoms with E-state index in [2.05, 4.69) is 52.4 Å². The number of ether oxygens (including phenoxy) is 4. The van der Waals surface area contributed by atoms with Crippen molar-refractivity contribution in [3.05, 3.63) is 108 Å². The second-order valence-electron chi connectivity index (χ2n) is 9.08. The van der Waals surface area contributed by atoms with Crippen LogP contribution < -0.4 is 24.0 Å². The molecule has 198 valence electrons. The van der Waals surface area contributed by atoms with Gasteiger partial charge >= 0.3 is 0 Å². The van der Waals surface area contributed by atoms with Crippen LogP contribution in [-0.2, 0) is 5.66 Å². The molecule has 0 amide bonds. The van der Waals surface area contributed by atoms with Crippen molar-refractivity contribution in [1.29, 1.82) is 0 Å². The summed E-state index contributed by atoms with van der Waals surface area (Å²) in [6, 6.07) is 30.8. The molecule has 6 rings (SSSR count). The first-order valence-electron chi connectivity index (χ1n) is 12.5. The molecule has 1 atom stereocenters. The molecule has 0 radical (unpaired) electrons. The van der Waals surface area contributed by atoms with Crippen LogP contribution in [0.25, 0.3) is 0 Å². The van der Waals surface area contributed by atoms with Gasteiger partial charge < -0.3 is 23.8 Å². The third kappa shape index (κ3) is 3.86. The Hall–Kier alpha value is -4.30. The summed E-state index contributed by atoms with van der Waals surface area (Å²) in [4.78, 5) is 3.44. The van der Waals surface area contributed by atoms with Gasteiger partial charge in [-0.05, 0) is 36.4 Å². The zero-order chi connectivity index (χ0) is 27.0. The summed E-state index contributed by atoms with van der Waals surface area (Å²) in [5.41, 5.74) is 3.14. The molecule has 2 aliphatic heterocycles. The van der Waals surface area contributed by atoms with E-state index >= 15 is 0 Å². The van der Waals surface area contributed by atoms with E-state index < -0.39 is 5.66 Å². The van der Waals surface area contributed by atoms with E-state index in [-0.39, 0.29) is 0 Å². The van der Waals surface area contributed by atoms with Crippen molar-refractivity contribution in [2.45, 2.75) is 10.6 Å². The van der Waals surface area contributed by atoms with Gasteiger partial charge in [0.2, 0.25) is 0 Å². The Morgan fingerprint density at radius 3 is 1.97 bits per heavy atom. The highest BCUT2D eigenvalue weighted by atomic mass is 32.2. The number of para-hydroxylation sites is 1. The number of anilines is 1. The number of rotatable bonds is 7. The van der Waals surface area contributed by atoms with Crippen molar-refractivity contribution in [1.82, 2.24) is 4.90 Å². The minimum atomic E-state index is -0.855. The van der Waals surface area contributed by atoms with Gasteiger partial charge in [0.1, 0.15) is 0 Å². The van der Waals surface area contributed by atoms with E-state index in [1.807, 2.05) is 48.5 Å². The molecule has 0 saturated carbocycles. The lowest BCUT2D eigenvalue weighted by Crippen LogP contribution is -2.56. The van der Waals surface area contributed by atoms with Crippen LogP contribution in [0.4, 0.5) is 5.69 Å². The molecule has 0 bridgehead atoms. The number of fused-ring (bicyclic) bond motifs is 3. The summed E-state index contributed by atoms with van der Waals surface area (Å²) in [7, 11) is 6.63. The van der Waals surface area contributed by atoms with Crippen molar-refractivity contribution in [2.24, 2.45) is 5.10 Å². The standard InChI is InChI=1S/C31H29N3O4S/c1-35-25-16-15-22(17-26(25)36-2)31-24-18-27(37-3)28(38-4)19-29(24)39-20-33(31)30(21-11-7-5-8-12-21)32-34(31)23-13-9-6-10-14-23/h5-19H,20H2,1-4H3. The molecule has 39 heavy (non-hydrogen) atoms. The number of methoxy groups -OCH3 is 4. The number of hydrogen-bond donors (Lipinski definition) is 0. The molecular formula is C31H29N3O4S. The van der Waals surface area contributed by atoms with E-state index in [1.54, 1.807) is 40.2 Å². The Morgan fingerprint density at radius 2 is 1.31 bits per heavy atom. The molecular weight excluding hydrogens is 510 g/mol. The summed E-state index contributed by atoms with van der Waals surface area (Å²) < 4.78 is 22.9. The quantitative estimate of drug-likeness (QED) is 0.278. The van der Waals surface area contributed by atoms with Crippen molar-refractivity contribution in [2.75, 3.05) is 39.3 Å². The summed E-state index contributed by atoms with van der Waals surface area (Å²) in [5, 5.41) is 7.45. The predicted octanol–water partition coefficient (Wildman–Crippen LogP) is 6.17. The third-order valence-electron chi connectivity index (χ3n) is 7.18. The van der Waals surface area contributed by atoms with Crippen LogP contribution in [0.2, 0.25) is 0 Å². The minimum Gasteiger partial charge on any atom is -0.493 e. The lowest BCUT2D eigenvalue weighted by molar-refractivity contribution is 0.256. The number of thioether (sulfide) groups is 1. The van der Waals surface area contributed by atoms with Crippen molar-refractivity contribution in [3.8, 4) is 23.0 Å². The zero-order valence-electron chi connectivity index (χ0n) is 22.3. The van der Waals surface area contributed by atoms with Crippen LogP contribution in [-0.4, -0.2) is 45.1 Å². The third-order valence-corrected chi connectivity index (χ3v) is 8.21. The molecule has 0 N–H and O–H groups in total. The fraction of sp³-hybridized carbons (Fsp3) is 0.194. The normalized spacial score (nSPS) is 17.7. The van der Waals surface area contributed by atoms with E-state index in [0.29, 0.717) is 28.9 Å². The first kappa shape index (κ1) is 25.0. The fourth-order valence-electron chi connectivity index (χ4n) is 5.39. The second-order valence-corrected chi connectivity index (χ2v) is 10.1. The SMILES string of the molecule is COc1ccc(C23c4cc(OC)c(OC)cc4SCN2C(c2ccccc2)=NN3c2ccccc2)cc1OC. The topological polar surface area (TPSA) is 55.8 Å². The predicted molar refractivity (Wildman–Crippen MR) is 154 cm³/mol. The van der Waals surface area contributed by atoms with Gasteiger partial charge in [-0.25, -0.2) is 5.01 Å². The number of nitrogens with zero attached hydrogens (tertiary/aromatic N) is 3. The molecule has 8 heteroatoms. The van der Waals surface area contributed by atoms with Gasteiger partial charge in [-0.3, -0.25) is 0 Å². The van der Waals surface area contributed by atoms with Gasteiger partial charge in [0, 0.05) is 21.6 Å². The van der Waals surface area contributed by atoms with Crippen molar-refractivity contribution < 1.29 is 18.9 Å². The molecule has 1 unspecified atom stereocenters. The number of hydrazone groups is 1. The van der Waals surface area contributed by atoms with Gasteiger partial charge in [0.05, 0.1) is 40.0 Å². The van der Waals surface area contributed by atoms with Crippen LogP contribution >= 0.6 is 11.8 Å². The van der Waals surface area contributed by atoms with Crippen LogP contribution in [0.3, 0.4) is 0 Å². The molecule has 2 aliphatic rings. The first-order valence-corrected chi connectivity index (χ1v) is 13.5. The highest BCUT2D eigenvalue weighted by Crippen LogP contribution is 2.56. The summed E-state index contributed by atoms with van der Waals surface area (Å²) >= 11 is 1.75. The van der Waals surface area contributed by atoms with E-state index in [4.69, 9.17) is 24.0 Å². The summed E-state index contributed by atoms with van der Waals surface area (Å²) in [6.07, 6.45) is 0. The van der Waals surface area contributed by atoms with Gasteiger partial charge in [-0.1, -0.05) is 54.6 Å². The second kappa shape index (κ2) is 10.1. The first-order chi connectivity index (χ1) is 19.1. The largest absolute Gasteiger partial charge is 0.493 e. The molecule has 4 aromatic carbocycles. The number of hydrogen-bond acceptors (Lipinski definition) is 8. The molecule has 7 nitrogen and oxygen atoms in total. The molecule has 0 saturated heterocycles. The Labute approximate surface area is 232 Å². The average Bonchev–Trinajstić information content (AvgIpc) is 3.37. The lowest BCUT2D eigenvalue weighted by atomic mass is 9.87. The molecule has 0 spiro atoms.